The van der Waals surface area contributed by atoms with Crippen LogP contribution in [0.3, 0.4) is 0 Å². The molecule has 0 N–H and O–H groups in total. The van der Waals surface area contributed by atoms with E-state index in [2.05, 4.69) is 18.9 Å². The van der Waals surface area contributed by atoms with Gasteiger partial charge in [-0.1, -0.05) is 6.07 Å². The van der Waals surface area contributed by atoms with E-state index >= 15 is 0 Å². The highest BCUT2D eigenvalue weighted by Gasteiger charge is 2.28. The van der Waals surface area contributed by atoms with Gasteiger partial charge in [-0.25, -0.2) is 14.5 Å². The zero-order chi connectivity index (χ0) is 23.8. The van der Waals surface area contributed by atoms with Crippen LogP contribution in [0.25, 0.3) is 21.6 Å². The molecule has 9 heteroatoms. The molecule has 1 aliphatic heterocycles. The van der Waals surface area contributed by atoms with Gasteiger partial charge in [-0.3, -0.25) is 4.79 Å². The van der Waals surface area contributed by atoms with Crippen LogP contribution in [0.2, 0.25) is 0 Å². The third kappa shape index (κ3) is 3.90. The van der Waals surface area contributed by atoms with Crippen molar-refractivity contribution in [2.45, 2.75) is 38.8 Å². The molecule has 4 aromatic rings. The minimum atomic E-state index is -0.342. The SMILES string of the molecule is COC(=O)c1cccn1C1CCN(C(=O)c2cc(-c3cccs3)nc3c2cnn3C(C)C)CC1. The van der Waals surface area contributed by atoms with Gasteiger partial charge < -0.3 is 14.2 Å². The van der Waals surface area contributed by atoms with Crippen LogP contribution in [-0.4, -0.2) is 56.3 Å². The van der Waals surface area contributed by atoms with Gasteiger partial charge in [0.05, 0.1) is 34.8 Å². The summed E-state index contributed by atoms with van der Waals surface area (Å²) in [6, 6.07) is 9.82. The molecule has 1 saturated heterocycles. The number of rotatable bonds is 5. The average molecular weight is 478 g/mol. The largest absolute Gasteiger partial charge is 0.464 e. The first-order valence-corrected chi connectivity index (χ1v) is 12.3. The molecule has 0 aliphatic carbocycles. The van der Waals surface area contributed by atoms with Crippen molar-refractivity contribution in [1.29, 1.82) is 0 Å². The lowest BCUT2D eigenvalue weighted by Crippen LogP contribution is -2.39. The van der Waals surface area contributed by atoms with Gasteiger partial charge in [0.2, 0.25) is 0 Å². The van der Waals surface area contributed by atoms with Gasteiger partial charge in [0.25, 0.3) is 5.91 Å². The normalized spacial score (nSPS) is 14.8. The van der Waals surface area contributed by atoms with Crippen molar-refractivity contribution in [3.63, 3.8) is 0 Å². The highest BCUT2D eigenvalue weighted by molar-refractivity contribution is 7.13. The maximum atomic E-state index is 13.7. The van der Waals surface area contributed by atoms with Gasteiger partial charge in [-0.05, 0) is 56.3 Å². The Hall–Kier alpha value is -3.46. The third-order valence-electron chi connectivity index (χ3n) is 6.38. The van der Waals surface area contributed by atoms with Gasteiger partial charge in [-0.2, -0.15) is 5.10 Å². The Bertz CT molecular complexity index is 1330. The monoisotopic (exact) mass is 477 g/mol. The quantitative estimate of drug-likeness (QED) is 0.386. The van der Waals surface area contributed by atoms with Crippen molar-refractivity contribution in [3.8, 4) is 10.6 Å². The standard InChI is InChI=1S/C25H27N5O3S/c1-16(2)30-23-19(15-26-30)18(14-20(27-23)22-7-5-13-34-22)24(31)28-11-8-17(9-12-28)29-10-4-6-21(29)25(32)33-3/h4-7,10,13-17H,8-9,11-12H2,1-3H3. The van der Waals surface area contributed by atoms with Crippen molar-refractivity contribution in [2.24, 2.45) is 0 Å². The number of amides is 1. The van der Waals surface area contributed by atoms with E-state index in [0.29, 0.717) is 24.3 Å². The smallest absolute Gasteiger partial charge is 0.354 e. The predicted octanol–water partition coefficient (Wildman–Crippen LogP) is 4.81. The Labute approximate surface area is 201 Å². The van der Waals surface area contributed by atoms with E-state index in [9.17, 15) is 9.59 Å². The summed E-state index contributed by atoms with van der Waals surface area (Å²) in [6.45, 7) is 5.33. The summed E-state index contributed by atoms with van der Waals surface area (Å²) >= 11 is 1.60. The van der Waals surface area contributed by atoms with Crippen LogP contribution in [0.15, 0.2) is 48.1 Å². The molecular weight excluding hydrogens is 450 g/mol. The fourth-order valence-corrected chi connectivity index (χ4v) is 5.32. The van der Waals surface area contributed by atoms with Crippen LogP contribution in [0.1, 0.15) is 59.6 Å². The number of hydrogen-bond donors (Lipinski definition) is 0. The molecule has 0 aromatic carbocycles. The van der Waals surface area contributed by atoms with E-state index < -0.39 is 0 Å². The molecule has 1 fully saturated rings. The van der Waals surface area contributed by atoms with Crippen LogP contribution in [0.4, 0.5) is 0 Å². The molecule has 0 saturated carbocycles. The first kappa shape index (κ1) is 22.3. The lowest BCUT2D eigenvalue weighted by Gasteiger charge is -2.33. The average Bonchev–Trinajstić information content (AvgIpc) is 3.62. The van der Waals surface area contributed by atoms with E-state index in [1.165, 1.54) is 7.11 Å². The number of fused-ring (bicyclic) bond motifs is 1. The molecule has 0 spiro atoms. The zero-order valence-electron chi connectivity index (χ0n) is 19.5. The Morgan fingerprint density at radius 3 is 2.65 bits per heavy atom. The number of carbonyl (C=O) groups is 2. The van der Waals surface area contributed by atoms with Crippen molar-refractivity contribution < 1.29 is 14.3 Å². The fraction of sp³-hybridized carbons (Fsp3) is 0.360. The molecule has 34 heavy (non-hydrogen) atoms. The first-order valence-electron chi connectivity index (χ1n) is 11.4. The molecule has 4 aromatic heterocycles. The number of carbonyl (C=O) groups excluding carboxylic acids is 2. The molecule has 5 heterocycles. The van der Waals surface area contributed by atoms with Crippen molar-refractivity contribution in [3.05, 3.63) is 59.4 Å². The van der Waals surface area contributed by atoms with Crippen LogP contribution in [0.5, 0.6) is 0 Å². The molecule has 8 nitrogen and oxygen atoms in total. The molecule has 1 aliphatic rings. The molecule has 0 atom stereocenters. The molecule has 5 rings (SSSR count). The summed E-state index contributed by atoms with van der Waals surface area (Å²) in [5.74, 6) is -0.349. The number of hydrogen-bond acceptors (Lipinski definition) is 6. The summed E-state index contributed by atoms with van der Waals surface area (Å²) in [7, 11) is 1.39. The van der Waals surface area contributed by atoms with E-state index in [-0.39, 0.29) is 24.0 Å². The summed E-state index contributed by atoms with van der Waals surface area (Å²) in [6.07, 6.45) is 5.20. The maximum Gasteiger partial charge on any atom is 0.354 e. The Morgan fingerprint density at radius 1 is 1.18 bits per heavy atom. The van der Waals surface area contributed by atoms with Gasteiger partial charge >= 0.3 is 5.97 Å². The summed E-state index contributed by atoms with van der Waals surface area (Å²) in [4.78, 5) is 33.6. The lowest BCUT2D eigenvalue weighted by atomic mass is 10.0. The van der Waals surface area contributed by atoms with E-state index in [4.69, 9.17) is 9.72 Å². The van der Waals surface area contributed by atoms with E-state index in [1.54, 1.807) is 23.6 Å². The Morgan fingerprint density at radius 2 is 1.97 bits per heavy atom. The van der Waals surface area contributed by atoms with Crippen LogP contribution < -0.4 is 0 Å². The number of piperidine rings is 1. The van der Waals surface area contributed by atoms with Crippen LogP contribution >= 0.6 is 11.3 Å². The summed E-state index contributed by atoms with van der Waals surface area (Å²) in [5.41, 5.74) is 2.70. The number of pyridine rings is 1. The molecule has 0 bridgehead atoms. The summed E-state index contributed by atoms with van der Waals surface area (Å²) < 4.78 is 8.75. The highest BCUT2D eigenvalue weighted by Crippen LogP contribution is 2.31. The topological polar surface area (TPSA) is 82.2 Å². The first-order chi connectivity index (χ1) is 16.5. The number of thiophene rings is 1. The Balaban J connectivity index is 1.43. The second-order valence-electron chi connectivity index (χ2n) is 8.77. The molecular formula is C25H27N5O3S. The van der Waals surface area contributed by atoms with Gasteiger partial charge in [-0.15, -0.1) is 11.3 Å². The zero-order valence-corrected chi connectivity index (χ0v) is 20.3. The van der Waals surface area contributed by atoms with E-state index in [1.807, 2.05) is 50.0 Å². The number of nitrogens with zero attached hydrogens (tertiary/aromatic N) is 5. The molecule has 1 amide bonds. The number of ether oxygens (including phenoxy) is 1. The fourth-order valence-electron chi connectivity index (χ4n) is 4.63. The maximum absolute atomic E-state index is 13.7. The number of esters is 1. The third-order valence-corrected chi connectivity index (χ3v) is 7.27. The van der Waals surface area contributed by atoms with E-state index in [0.717, 1.165) is 34.4 Å². The minimum Gasteiger partial charge on any atom is -0.464 e. The van der Waals surface area contributed by atoms with Crippen LogP contribution in [-0.2, 0) is 4.74 Å². The van der Waals surface area contributed by atoms with Gasteiger partial charge in [0.15, 0.2) is 5.65 Å². The molecule has 0 unspecified atom stereocenters. The number of aromatic nitrogens is 4. The number of methoxy groups -OCH3 is 1. The van der Waals surface area contributed by atoms with Gasteiger partial charge in [0.1, 0.15) is 5.69 Å². The lowest BCUT2D eigenvalue weighted by molar-refractivity contribution is 0.0573. The number of likely N-dealkylation sites (tertiary alicyclic amines) is 1. The Kier molecular flexibility index (Phi) is 5.95. The van der Waals surface area contributed by atoms with Crippen molar-refractivity contribution >= 4 is 34.2 Å². The van der Waals surface area contributed by atoms with Crippen molar-refractivity contribution in [1.82, 2.24) is 24.2 Å². The minimum absolute atomic E-state index is 0.00680. The second-order valence-corrected chi connectivity index (χ2v) is 9.72. The molecule has 176 valence electrons. The van der Waals surface area contributed by atoms with Crippen molar-refractivity contribution in [2.75, 3.05) is 20.2 Å². The predicted molar refractivity (Wildman–Crippen MR) is 131 cm³/mol. The van der Waals surface area contributed by atoms with Gasteiger partial charge in [0, 0.05) is 31.4 Å². The highest BCUT2D eigenvalue weighted by atomic mass is 32.1. The van der Waals surface area contributed by atoms with Crippen LogP contribution in [0, 0.1) is 0 Å². The summed E-state index contributed by atoms with van der Waals surface area (Å²) in [5, 5.41) is 7.31. The molecule has 0 radical (unpaired) electrons. The second kappa shape index (κ2) is 9.06.